The lowest BCUT2D eigenvalue weighted by atomic mass is 10.0. The van der Waals surface area contributed by atoms with Gasteiger partial charge in [0.05, 0.1) is 0 Å². The van der Waals surface area contributed by atoms with Crippen LogP contribution in [0.5, 0.6) is 0 Å². The summed E-state index contributed by atoms with van der Waals surface area (Å²) in [5.74, 6) is 1.45. The van der Waals surface area contributed by atoms with Crippen LogP contribution in [0.2, 0.25) is 0 Å². The van der Waals surface area contributed by atoms with Crippen LogP contribution in [0.15, 0.2) is 12.3 Å². The van der Waals surface area contributed by atoms with Crippen molar-refractivity contribution in [2.75, 3.05) is 11.4 Å². The van der Waals surface area contributed by atoms with Gasteiger partial charge in [-0.05, 0) is 32.3 Å². The predicted molar refractivity (Wildman–Crippen MR) is 58.6 cm³/mol. The van der Waals surface area contributed by atoms with Gasteiger partial charge in [-0.2, -0.15) is 0 Å². The van der Waals surface area contributed by atoms with E-state index in [1.54, 1.807) is 6.20 Å². The van der Waals surface area contributed by atoms with Crippen LogP contribution in [0.25, 0.3) is 0 Å². The van der Waals surface area contributed by atoms with Crippen LogP contribution in [0.1, 0.15) is 32.0 Å². The molecule has 15 heavy (non-hydrogen) atoms. The molecule has 1 fully saturated rings. The highest BCUT2D eigenvalue weighted by Gasteiger charge is 2.19. The molecule has 0 aromatic carbocycles. The summed E-state index contributed by atoms with van der Waals surface area (Å²) < 4.78 is 0. The molecule has 0 bridgehead atoms. The third-order valence-corrected chi connectivity index (χ3v) is 2.93. The van der Waals surface area contributed by atoms with E-state index in [1.165, 1.54) is 19.3 Å². The molecule has 2 rings (SSSR count). The van der Waals surface area contributed by atoms with E-state index in [9.17, 15) is 0 Å². The molecule has 4 nitrogen and oxygen atoms in total. The number of rotatable bonds is 2. The molecular formula is C11H17N3O. The van der Waals surface area contributed by atoms with Crippen LogP contribution < -0.4 is 4.90 Å². The second-order valence-electron chi connectivity index (χ2n) is 4.03. The molecule has 1 aliphatic rings. The van der Waals surface area contributed by atoms with Crippen LogP contribution >= 0.6 is 0 Å². The highest BCUT2D eigenvalue weighted by molar-refractivity contribution is 5.39. The first-order chi connectivity index (χ1) is 7.31. The minimum Gasteiger partial charge on any atom is -0.388 e. The van der Waals surface area contributed by atoms with Crippen molar-refractivity contribution in [2.45, 2.75) is 38.8 Å². The van der Waals surface area contributed by atoms with Gasteiger partial charge in [0.25, 0.3) is 0 Å². The van der Waals surface area contributed by atoms with Gasteiger partial charge in [-0.25, -0.2) is 9.97 Å². The third-order valence-electron chi connectivity index (χ3n) is 2.93. The van der Waals surface area contributed by atoms with E-state index in [1.807, 2.05) is 6.07 Å². The Kier molecular flexibility index (Phi) is 3.16. The number of piperidine rings is 1. The van der Waals surface area contributed by atoms with Gasteiger partial charge in [-0.1, -0.05) is 0 Å². The largest absolute Gasteiger partial charge is 0.388 e. The van der Waals surface area contributed by atoms with Gasteiger partial charge in [0.1, 0.15) is 12.4 Å². The first-order valence-electron chi connectivity index (χ1n) is 5.50. The summed E-state index contributed by atoms with van der Waals surface area (Å²) in [5.41, 5.74) is 0. The lowest BCUT2D eigenvalue weighted by molar-refractivity contribution is 0.271. The molecule has 0 amide bonds. The average molecular weight is 207 g/mol. The molecule has 1 aromatic heterocycles. The molecule has 0 saturated carbocycles. The van der Waals surface area contributed by atoms with Crippen molar-refractivity contribution in [3.05, 3.63) is 18.1 Å². The van der Waals surface area contributed by atoms with E-state index < -0.39 is 0 Å². The quantitative estimate of drug-likeness (QED) is 0.795. The highest BCUT2D eigenvalue weighted by Crippen LogP contribution is 2.22. The number of aliphatic hydroxyl groups excluding tert-OH is 1. The van der Waals surface area contributed by atoms with Gasteiger partial charge in [0.2, 0.25) is 0 Å². The van der Waals surface area contributed by atoms with Crippen molar-refractivity contribution in [1.82, 2.24) is 9.97 Å². The van der Waals surface area contributed by atoms with Crippen LogP contribution in [-0.4, -0.2) is 27.7 Å². The number of aromatic nitrogens is 2. The van der Waals surface area contributed by atoms with E-state index in [2.05, 4.69) is 21.8 Å². The molecule has 2 heterocycles. The highest BCUT2D eigenvalue weighted by atomic mass is 16.3. The van der Waals surface area contributed by atoms with E-state index in [-0.39, 0.29) is 6.61 Å². The number of anilines is 1. The van der Waals surface area contributed by atoms with Crippen LogP contribution in [0.3, 0.4) is 0 Å². The molecule has 1 aliphatic heterocycles. The van der Waals surface area contributed by atoms with Crippen molar-refractivity contribution in [1.29, 1.82) is 0 Å². The average Bonchev–Trinajstić information content (AvgIpc) is 2.30. The Balaban J connectivity index is 2.19. The van der Waals surface area contributed by atoms with Crippen molar-refractivity contribution in [3.63, 3.8) is 0 Å². The Bertz CT molecular complexity index is 329. The molecule has 0 radical (unpaired) electrons. The summed E-state index contributed by atoms with van der Waals surface area (Å²) in [4.78, 5) is 10.6. The standard InChI is InChI=1S/C11H17N3O/c1-9-4-2-3-7-14(9)11-5-6-12-10(8-15)13-11/h5-6,9,15H,2-4,7-8H2,1H3. The zero-order chi connectivity index (χ0) is 10.7. The van der Waals surface area contributed by atoms with Gasteiger partial charge in [-0.15, -0.1) is 0 Å². The van der Waals surface area contributed by atoms with Gasteiger partial charge in [0, 0.05) is 18.8 Å². The molecule has 1 N–H and O–H groups in total. The van der Waals surface area contributed by atoms with Gasteiger partial charge < -0.3 is 10.0 Å². The Morgan fingerprint density at radius 2 is 2.40 bits per heavy atom. The molecule has 82 valence electrons. The second-order valence-corrected chi connectivity index (χ2v) is 4.03. The van der Waals surface area contributed by atoms with Crippen molar-refractivity contribution in [3.8, 4) is 0 Å². The maximum atomic E-state index is 8.98. The van der Waals surface area contributed by atoms with Gasteiger partial charge in [-0.3, -0.25) is 0 Å². The number of hydrogen-bond acceptors (Lipinski definition) is 4. The smallest absolute Gasteiger partial charge is 0.156 e. The van der Waals surface area contributed by atoms with E-state index in [0.29, 0.717) is 11.9 Å². The Morgan fingerprint density at radius 3 is 3.13 bits per heavy atom. The molecule has 4 heteroatoms. The Hall–Kier alpha value is -1.16. The molecule has 1 unspecified atom stereocenters. The maximum absolute atomic E-state index is 8.98. The molecule has 1 atom stereocenters. The molecule has 1 aromatic rings. The topological polar surface area (TPSA) is 49.2 Å². The first-order valence-corrected chi connectivity index (χ1v) is 5.50. The van der Waals surface area contributed by atoms with Crippen LogP contribution in [-0.2, 0) is 6.61 Å². The normalized spacial score (nSPS) is 21.7. The predicted octanol–water partition coefficient (Wildman–Crippen LogP) is 1.35. The SMILES string of the molecule is CC1CCCCN1c1ccnc(CO)n1. The maximum Gasteiger partial charge on any atom is 0.156 e. The van der Waals surface area contributed by atoms with E-state index >= 15 is 0 Å². The molecule has 1 saturated heterocycles. The summed E-state index contributed by atoms with van der Waals surface area (Å²) in [5, 5.41) is 8.98. The minimum absolute atomic E-state index is 0.0872. The third kappa shape index (κ3) is 2.26. The van der Waals surface area contributed by atoms with Gasteiger partial charge in [0.15, 0.2) is 5.82 Å². The molecule has 0 spiro atoms. The molecular weight excluding hydrogens is 190 g/mol. The summed E-state index contributed by atoms with van der Waals surface area (Å²) in [6, 6.07) is 2.46. The number of nitrogens with zero attached hydrogens (tertiary/aromatic N) is 3. The summed E-state index contributed by atoms with van der Waals surface area (Å²) in [7, 11) is 0. The summed E-state index contributed by atoms with van der Waals surface area (Å²) in [6.07, 6.45) is 5.46. The first kappa shape index (κ1) is 10.4. The summed E-state index contributed by atoms with van der Waals surface area (Å²) in [6.45, 7) is 3.19. The zero-order valence-corrected chi connectivity index (χ0v) is 9.06. The van der Waals surface area contributed by atoms with E-state index in [0.717, 1.165) is 12.4 Å². The lowest BCUT2D eigenvalue weighted by Gasteiger charge is -2.34. The molecule has 0 aliphatic carbocycles. The van der Waals surface area contributed by atoms with E-state index in [4.69, 9.17) is 5.11 Å². The Labute approximate surface area is 90.0 Å². The van der Waals surface area contributed by atoms with Gasteiger partial charge >= 0.3 is 0 Å². The van der Waals surface area contributed by atoms with Crippen molar-refractivity contribution < 1.29 is 5.11 Å². The van der Waals surface area contributed by atoms with Crippen LogP contribution in [0.4, 0.5) is 5.82 Å². The monoisotopic (exact) mass is 207 g/mol. The zero-order valence-electron chi connectivity index (χ0n) is 9.06. The second kappa shape index (κ2) is 4.57. The fraction of sp³-hybridized carbons (Fsp3) is 0.636. The lowest BCUT2D eigenvalue weighted by Crippen LogP contribution is -2.38. The van der Waals surface area contributed by atoms with Crippen LogP contribution in [0, 0.1) is 0 Å². The Morgan fingerprint density at radius 1 is 1.53 bits per heavy atom. The van der Waals surface area contributed by atoms with Crippen molar-refractivity contribution >= 4 is 5.82 Å². The van der Waals surface area contributed by atoms with Crippen molar-refractivity contribution in [2.24, 2.45) is 0 Å². The number of aliphatic hydroxyl groups is 1. The number of hydrogen-bond donors (Lipinski definition) is 1. The fourth-order valence-electron chi connectivity index (χ4n) is 2.06. The minimum atomic E-state index is -0.0872. The summed E-state index contributed by atoms with van der Waals surface area (Å²) >= 11 is 0. The fourth-order valence-corrected chi connectivity index (χ4v) is 2.06.